The minimum Gasteiger partial charge on any atom is -0.495 e. The minimum absolute atomic E-state index is 0.113. The third-order valence-electron chi connectivity index (χ3n) is 5.41. The van der Waals surface area contributed by atoms with Crippen LogP contribution in [0.4, 0.5) is 10.1 Å². The van der Waals surface area contributed by atoms with Crippen LogP contribution in [0, 0.1) is 5.82 Å². The number of ether oxygens (including phenoxy) is 2. The first-order valence-electron chi connectivity index (χ1n) is 9.78. The number of aryl methyl sites for hydroxylation is 1. The van der Waals surface area contributed by atoms with Gasteiger partial charge in [0.05, 0.1) is 26.0 Å². The highest BCUT2D eigenvalue weighted by Crippen LogP contribution is 2.37. The van der Waals surface area contributed by atoms with Crippen molar-refractivity contribution in [2.75, 3.05) is 44.9 Å². The van der Waals surface area contributed by atoms with Crippen molar-refractivity contribution in [2.45, 2.75) is 17.7 Å². The molecule has 30 heavy (non-hydrogen) atoms. The molecule has 2 aliphatic heterocycles. The van der Waals surface area contributed by atoms with Crippen LogP contribution >= 0.6 is 0 Å². The van der Waals surface area contributed by atoms with Crippen molar-refractivity contribution in [3.8, 4) is 5.75 Å². The van der Waals surface area contributed by atoms with Gasteiger partial charge in [0.1, 0.15) is 16.5 Å². The molecule has 0 radical (unpaired) electrons. The number of carbonyl (C=O) groups excluding carboxylic acids is 1. The van der Waals surface area contributed by atoms with Gasteiger partial charge in [-0.1, -0.05) is 12.1 Å². The first kappa shape index (κ1) is 20.8. The molecule has 0 aliphatic carbocycles. The van der Waals surface area contributed by atoms with E-state index in [1.807, 2.05) is 12.1 Å². The molecular formula is C21H23FN2O5S. The number of rotatable bonds is 4. The lowest BCUT2D eigenvalue weighted by Gasteiger charge is -2.31. The zero-order chi connectivity index (χ0) is 21.3. The van der Waals surface area contributed by atoms with Crippen LogP contribution in [-0.4, -0.2) is 58.6 Å². The molecule has 2 aromatic carbocycles. The van der Waals surface area contributed by atoms with E-state index in [-0.39, 0.29) is 37.8 Å². The molecule has 2 aromatic rings. The third kappa shape index (κ3) is 3.68. The Bertz CT molecular complexity index is 1050. The van der Waals surface area contributed by atoms with Crippen molar-refractivity contribution >= 4 is 21.6 Å². The number of benzene rings is 2. The number of carbonyl (C=O) groups is 1. The predicted octanol–water partition coefficient (Wildman–Crippen LogP) is 2.45. The summed E-state index contributed by atoms with van der Waals surface area (Å²) >= 11 is 0. The molecule has 7 nitrogen and oxygen atoms in total. The number of nitrogens with zero attached hydrogens (tertiary/aromatic N) is 2. The first-order valence-corrected chi connectivity index (χ1v) is 11.2. The van der Waals surface area contributed by atoms with Crippen LogP contribution in [0.3, 0.4) is 0 Å². The highest BCUT2D eigenvalue weighted by atomic mass is 32.2. The van der Waals surface area contributed by atoms with E-state index in [0.717, 1.165) is 30.5 Å². The normalized spacial score (nSPS) is 17.5. The van der Waals surface area contributed by atoms with Gasteiger partial charge in [-0.15, -0.1) is 0 Å². The van der Waals surface area contributed by atoms with Gasteiger partial charge in [-0.2, -0.15) is 4.31 Å². The highest BCUT2D eigenvalue weighted by molar-refractivity contribution is 7.89. The van der Waals surface area contributed by atoms with E-state index in [4.69, 9.17) is 9.47 Å². The number of morpholine rings is 1. The summed E-state index contributed by atoms with van der Waals surface area (Å²) in [6, 6.07) is 9.08. The number of methoxy groups -OCH3 is 1. The Hall–Kier alpha value is -2.49. The van der Waals surface area contributed by atoms with Crippen LogP contribution < -0.4 is 9.64 Å². The zero-order valence-electron chi connectivity index (χ0n) is 16.6. The summed E-state index contributed by atoms with van der Waals surface area (Å²) in [5, 5.41) is 0. The van der Waals surface area contributed by atoms with Gasteiger partial charge < -0.3 is 14.4 Å². The molecule has 0 unspecified atom stereocenters. The molecule has 0 saturated carbocycles. The second-order valence-electron chi connectivity index (χ2n) is 7.19. The number of fused-ring (bicyclic) bond motifs is 1. The Kier molecular flexibility index (Phi) is 5.77. The predicted molar refractivity (Wildman–Crippen MR) is 109 cm³/mol. The number of anilines is 1. The Morgan fingerprint density at radius 3 is 2.63 bits per heavy atom. The van der Waals surface area contributed by atoms with Gasteiger partial charge in [0.2, 0.25) is 10.0 Å². The fourth-order valence-corrected chi connectivity index (χ4v) is 5.40. The van der Waals surface area contributed by atoms with Crippen molar-refractivity contribution in [1.29, 1.82) is 0 Å². The first-order chi connectivity index (χ1) is 14.4. The summed E-state index contributed by atoms with van der Waals surface area (Å²) < 4.78 is 52.2. The van der Waals surface area contributed by atoms with Crippen molar-refractivity contribution in [1.82, 2.24) is 4.31 Å². The Morgan fingerprint density at radius 1 is 1.13 bits per heavy atom. The maximum absolute atomic E-state index is 14.5. The molecule has 1 amide bonds. The molecule has 2 heterocycles. The smallest absolute Gasteiger partial charge is 0.258 e. The molecule has 1 saturated heterocycles. The van der Waals surface area contributed by atoms with Crippen LogP contribution in [0.25, 0.3) is 0 Å². The number of amides is 1. The van der Waals surface area contributed by atoms with Crippen LogP contribution in [0.2, 0.25) is 0 Å². The van der Waals surface area contributed by atoms with Gasteiger partial charge in [0.25, 0.3) is 5.91 Å². The molecule has 9 heteroatoms. The van der Waals surface area contributed by atoms with E-state index in [1.165, 1.54) is 17.5 Å². The summed E-state index contributed by atoms with van der Waals surface area (Å²) in [6.45, 7) is 1.27. The fourth-order valence-electron chi connectivity index (χ4n) is 3.90. The van der Waals surface area contributed by atoms with E-state index in [2.05, 4.69) is 0 Å². The quantitative estimate of drug-likeness (QED) is 0.739. The number of hydrogen-bond donors (Lipinski definition) is 0. The molecule has 2 aliphatic rings. The Balaban J connectivity index is 1.72. The van der Waals surface area contributed by atoms with Gasteiger partial charge in [-0.3, -0.25) is 4.79 Å². The van der Waals surface area contributed by atoms with Gasteiger partial charge in [0, 0.05) is 25.2 Å². The summed E-state index contributed by atoms with van der Waals surface area (Å²) in [5.74, 6) is -0.697. The van der Waals surface area contributed by atoms with Crippen molar-refractivity contribution in [2.24, 2.45) is 0 Å². The molecular weight excluding hydrogens is 411 g/mol. The number of hydrogen-bond acceptors (Lipinski definition) is 5. The standard InChI is InChI=1S/C21H23FN2O5S/c1-28-18-6-2-4-15-5-3-9-24(20(15)18)21(25)16-7-8-17(22)19(14-16)30(26,27)23-10-12-29-13-11-23/h2,4,6-8,14H,3,5,9-13H2,1H3. The molecule has 160 valence electrons. The van der Waals surface area contributed by atoms with E-state index in [0.29, 0.717) is 18.0 Å². The van der Waals surface area contributed by atoms with Gasteiger partial charge >= 0.3 is 0 Å². The zero-order valence-corrected chi connectivity index (χ0v) is 17.5. The Labute approximate surface area is 175 Å². The third-order valence-corrected chi connectivity index (χ3v) is 7.33. The lowest BCUT2D eigenvalue weighted by atomic mass is 10.00. The summed E-state index contributed by atoms with van der Waals surface area (Å²) in [7, 11) is -2.53. The molecule has 0 spiro atoms. The number of para-hydroxylation sites is 1. The van der Waals surface area contributed by atoms with Gasteiger partial charge in [-0.05, 0) is 42.7 Å². The van der Waals surface area contributed by atoms with Crippen LogP contribution in [0.1, 0.15) is 22.3 Å². The maximum Gasteiger partial charge on any atom is 0.258 e. The lowest BCUT2D eigenvalue weighted by Crippen LogP contribution is -2.41. The highest BCUT2D eigenvalue weighted by Gasteiger charge is 2.32. The maximum atomic E-state index is 14.5. The topological polar surface area (TPSA) is 76.2 Å². The van der Waals surface area contributed by atoms with E-state index >= 15 is 0 Å². The van der Waals surface area contributed by atoms with Crippen molar-refractivity contribution in [3.63, 3.8) is 0 Å². The fraction of sp³-hybridized carbons (Fsp3) is 0.381. The average molecular weight is 434 g/mol. The van der Waals surface area contributed by atoms with Crippen LogP contribution in [0.15, 0.2) is 41.3 Å². The molecule has 0 bridgehead atoms. The summed E-state index contributed by atoms with van der Waals surface area (Å²) in [4.78, 5) is 14.4. The van der Waals surface area contributed by atoms with Crippen molar-refractivity contribution < 1.29 is 27.1 Å². The van der Waals surface area contributed by atoms with Crippen LogP contribution in [-0.2, 0) is 21.2 Å². The van der Waals surface area contributed by atoms with E-state index in [9.17, 15) is 17.6 Å². The second-order valence-corrected chi connectivity index (χ2v) is 9.10. The number of halogens is 1. The van der Waals surface area contributed by atoms with E-state index < -0.39 is 20.7 Å². The van der Waals surface area contributed by atoms with E-state index in [1.54, 1.807) is 11.0 Å². The molecule has 4 rings (SSSR count). The van der Waals surface area contributed by atoms with Crippen molar-refractivity contribution in [3.05, 3.63) is 53.3 Å². The minimum atomic E-state index is -4.07. The summed E-state index contributed by atoms with van der Waals surface area (Å²) in [6.07, 6.45) is 1.59. The van der Waals surface area contributed by atoms with Gasteiger partial charge in [-0.25, -0.2) is 12.8 Å². The second kappa shape index (κ2) is 8.33. The molecule has 0 aromatic heterocycles. The van der Waals surface area contributed by atoms with Gasteiger partial charge in [0.15, 0.2) is 0 Å². The number of sulfonamides is 1. The molecule has 0 atom stereocenters. The SMILES string of the molecule is COc1cccc2c1N(C(=O)c1ccc(F)c(S(=O)(=O)N3CCOCC3)c1)CCC2. The Morgan fingerprint density at radius 2 is 1.90 bits per heavy atom. The average Bonchev–Trinajstić information content (AvgIpc) is 2.78. The summed E-state index contributed by atoms with van der Waals surface area (Å²) in [5.41, 5.74) is 1.78. The largest absolute Gasteiger partial charge is 0.495 e. The lowest BCUT2D eigenvalue weighted by molar-refractivity contribution is 0.0729. The molecule has 1 fully saturated rings. The monoisotopic (exact) mass is 434 g/mol. The molecule has 0 N–H and O–H groups in total. The van der Waals surface area contributed by atoms with Crippen LogP contribution in [0.5, 0.6) is 5.75 Å².